The Balaban J connectivity index is 1.72. The van der Waals surface area contributed by atoms with Crippen molar-refractivity contribution in [3.8, 4) is 5.75 Å². The highest BCUT2D eigenvalue weighted by atomic mass is 32.1. The second kappa shape index (κ2) is 10.2. The summed E-state index contributed by atoms with van der Waals surface area (Å²) in [4.78, 5) is 26.1. The van der Waals surface area contributed by atoms with Gasteiger partial charge in [-0.25, -0.2) is 0 Å². The molecular weight excluding hydrogens is 454 g/mol. The molecule has 0 saturated carbocycles. The van der Waals surface area contributed by atoms with Gasteiger partial charge in [-0.15, -0.1) is 11.3 Å². The number of primary amides is 1. The third kappa shape index (κ3) is 6.32. The molecule has 0 saturated heterocycles. The smallest absolute Gasteiger partial charge is 0.257 e. The van der Waals surface area contributed by atoms with Crippen LogP contribution in [0.15, 0.2) is 24.3 Å². The van der Waals surface area contributed by atoms with Gasteiger partial charge in [0.1, 0.15) is 10.8 Å². The van der Waals surface area contributed by atoms with Crippen molar-refractivity contribution in [1.82, 2.24) is 5.32 Å². The number of carbonyl (C=O) groups is 2. The summed E-state index contributed by atoms with van der Waals surface area (Å²) in [5.41, 5.74) is 7.86. The quantitative estimate of drug-likeness (QED) is 0.490. The van der Waals surface area contributed by atoms with Gasteiger partial charge < -0.3 is 15.8 Å². The Hall–Kier alpha value is -2.45. The Kier molecular flexibility index (Phi) is 7.80. The van der Waals surface area contributed by atoms with E-state index >= 15 is 0 Å². The van der Waals surface area contributed by atoms with Crippen molar-refractivity contribution in [2.24, 2.45) is 23.0 Å². The summed E-state index contributed by atoms with van der Waals surface area (Å²) in [5, 5.41) is 6.47. The minimum absolute atomic E-state index is 0.127. The minimum atomic E-state index is -0.478. The average Bonchev–Trinajstić information content (AvgIpc) is 3.08. The Labute approximate surface area is 205 Å². The molecule has 1 aliphatic rings. The van der Waals surface area contributed by atoms with E-state index in [1.807, 2.05) is 6.07 Å². The van der Waals surface area contributed by atoms with Crippen molar-refractivity contribution in [1.29, 1.82) is 0 Å². The maximum atomic E-state index is 12.7. The monoisotopic (exact) mass is 487 g/mol. The van der Waals surface area contributed by atoms with Crippen molar-refractivity contribution in [3.63, 3.8) is 0 Å². The Morgan fingerprint density at radius 2 is 2.03 bits per heavy atom. The molecule has 2 amide bonds. The van der Waals surface area contributed by atoms with Crippen molar-refractivity contribution in [3.05, 3.63) is 45.8 Å². The topological polar surface area (TPSA) is 93.4 Å². The van der Waals surface area contributed by atoms with Crippen LogP contribution in [-0.2, 0) is 12.8 Å². The number of hydrogen-bond acceptors (Lipinski definition) is 5. The van der Waals surface area contributed by atoms with Crippen LogP contribution in [0.4, 0.5) is 5.00 Å². The molecule has 0 bridgehead atoms. The van der Waals surface area contributed by atoms with E-state index < -0.39 is 5.91 Å². The molecule has 1 heterocycles. The molecule has 178 valence electrons. The van der Waals surface area contributed by atoms with E-state index in [0.717, 1.165) is 24.8 Å². The first-order chi connectivity index (χ1) is 15.5. The van der Waals surface area contributed by atoms with Gasteiger partial charge in [0.25, 0.3) is 11.8 Å². The van der Waals surface area contributed by atoms with Crippen LogP contribution in [0.2, 0.25) is 0 Å². The molecule has 0 radical (unpaired) electrons. The fourth-order valence-electron chi connectivity index (χ4n) is 3.97. The summed E-state index contributed by atoms with van der Waals surface area (Å²) in [6.45, 7) is 11.4. The van der Waals surface area contributed by atoms with Gasteiger partial charge in [-0.1, -0.05) is 40.7 Å². The number of amides is 2. The van der Waals surface area contributed by atoms with E-state index in [4.69, 9.17) is 22.7 Å². The van der Waals surface area contributed by atoms with Crippen molar-refractivity contribution in [2.45, 2.75) is 53.9 Å². The number of rotatable bonds is 6. The van der Waals surface area contributed by atoms with Crippen LogP contribution in [0, 0.1) is 17.3 Å². The number of benzene rings is 1. The Bertz CT molecular complexity index is 1050. The molecule has 0 spiro atoms. The van der Waals surface area contributed by atoms with Gasteiger partial charge >= 0.3 is 0 Å². The predicted molar refractivity (Wildman–Crippen MR) is 138 cm³/mol. The largest absolute Gasteiger partial charge is 0.493 e. The van der Waals surface area contributed by atoms with E-state index in [1.54, 1.807) is 18.2 Å². The summed E-state index contributed by atoms with van der Waals surface area (Å²) < 4.78 is 5.70. The first kappa shape index (κ1) is 25.2. The molecule has 0 fully saturated rings. The van der Waals surface area contributed by atoms with Gasteiger partial charge in [0.2, 0.25) is 0 Å². The lowest BCUT2D eigenvalue weighted by atomic mass is 9.72. The summed E-state index contributed by atoms with van der Waals surface area (Å²) in [7, 11) is 0. The summed E-state index contributed by atoms with van der Waals surface area (Å²) in [5.74, 6) is 0.722. The third-order valence-electron chi connectivity index (χ3n) is 5.87. The molecule has 3 rings (SSSR count). The second-order valence-corrected chi connectivity index (χ2v) is 11.5. The summed E-state index contributed by atoms with van der Waals surface area (Å²) >= 11 is 6.88. The van der Waals surface area contributed by atoms with E-state index in [0.29, 0.717) is 40.3 Å². The second-order valence-electron chi connectivity index (χ2n) is 10.0. The molecule has 1 aromatic carbocycles. The zero-order valence-corrected chi connectivity index (χ0v) is 21.5. The van der Waals surface area contributed by atoms with Gasteiger partial charge in [-0.2, -0.15) is 0 Å². The van der Waals surface area contributed by atoms with Crippen molar-refractivity contribution in [2.75, 3.05) is 11.9 Å². The molecule has 8 heteroatoms. The number of nitrogens with one attached hydrogen (secondary N) is 2. The number of carbonyl (C=O) groups excluding carboxylic acids is 2. The van der Waals surface area contributed by atoms with E-state index in [-0.39, 0.29) is 16.4 Å². The standard InChI is InChI=1S/C25H33N3O3S2/c1-14(2)13-31-17-8-6-7-15(11-17)22(30)27-24(32)28-23-20(21(26)29)18-10-9-16(25(3,4)5)12-19(18)33-23/h6-8,11,14,16H,9-10,12-13H2,1-5H3,(H2,26,29)(H2,27,28,30,32). The first-order valence-corrected chi connectivity index (χ1v) is 12.5. The van der Waals surface area contributed by atoms with Crippen LogP contribution in [0.5, 0.6) is 5.75 Å². The molecule has 1 atom stereocenters. The van der Waals surface area contributed by atoms with Crippen LogP contribution in [-0.4, -0.2) is 23.5 Å². The SMILES string of the molecule is CC(C)COc1cccc(C(=O)NC(=S)Nc2sc3c(c2C(N)=O)CCC(C(C)(C)C)C3)c1. The highest BCUT2D eigenvalue weighted by molar-refractivity contribution is 7.80. The summed E-state index contributed by atoms with van der Waals surface area (Å²) in [6, 6.07) is 6.97. The predicted octanol–water partition coefficient (Wildman–Crippen LogP) is 5.16. The van der Waals surface area contributed by atoms with E-state index in [9.17, 15) is 9.59 Å². The van der Waals surface area contributed by atoms with Crippen molar-refractivity contribution >= 4 is 45.5 Å². The molecule has 6 nitrogen and oxygen atoms in total. The number of fused-ring (bicyclic) bond motifs is 1. The Morgan fingerprint density at radius 1 is 1.30 bits per heavy atom. The number of nitrogens with two attached hydrogens (primary N) is 1. The fourth-order valence-corrected chi connectivity index (χ4v) is 5.57. The normalized spacial score (nSPS) is 15.6. The zero-order valence-electron chi connectivity index (χ0n) is 19.9. The van der Waals surface area contributed by atoms with E-state index in [2.05, 4.69) is 45.3 Å². The number of thiocarbonyl (C=S) groups is 1. The van der Waals surface area contributed by atoms with Crippen LogP contribution < -0.4 is 21.1 Å². The lowest BCUT2D eigenvalue weighted by molar-refractivity contribution is 0.0975. The van der Waals surface area contributed by atoms with Crippen LogP contribution in [0.3, 0.4) is 0 Å². The lowest BCUT2D eigenvalue weighted by Gasteiger charge is -2.33. The minimum Gasteiger partial charge on any atom is -0.493 e. The van der Waals surface area contributed by atoms with Gasteiger partial charge in [-0.3, -0.25) is 14.9 Å². The molecule has 1 aromatic heterocycles. The zero-order chi connectivity index (χ0) is 24.3. The first-order valence-electron chi connectivity index (χ1n) is 11.2. The van der Waals surface area contributed by atoms with Gasteiger partial charge in [0.05, 0.1) is 12.2 Å². The van der Waals surface area contributed by atoms with Gasteiger partial charge in [0.15, 0.2) is 5.11 Å². The number of thiophene rings is 1. The average molecular weight is 488 g/mol. The van der Waals surface area contributed by atoms with Crippen LogP contribution >= 0.6 is 23.6 Å². The molecule has 1 unspecified atom stereocenters. The van der Waals surface area contributed by atoms with Gasteiger partial charge in [-0.05, 0) is 72.5 Å². The van der Waals surface area contributed by atoms with Crippen LogP contribution in [0.1, 0.15) is 72.2 Å². The summed E-state index contributed by atoms with van der Waals surface area (Å²) in [6.07, 6.45) is 2.74. The van der Waals surface area contributed by atoms with Gasteiger partial charge in [0, 0.05) is 10.4 Å². The molecule has 33 heavy (non-hydrogen) atoms. The van der Waals surface area contributed by atoms with Crippen LogP contribution in [0.25, 0.3) is 0 Å². The molecule has 0 aliphatic heterocycles. The highest BCUT2D eigenvalue weighted by Gasteiger charge is 2.33. The number of hydrogen-bond donors (Lipinski definition) is 3. The third-order valence-corrected chi connectivity index (χ3v) is 7.24. The fraction of sp³-hybridized carbons (Fsp3) is 0.480. The maximum absolute atomic E-state index is 12.7. The Morgan fingerprint density at radius 3 is 2.67 bits per heavy atom. The highest BCUT2D eigenvalue weighted by Crippen LogP contribution is 2.44. The molecule has 1 aliphatic carbocycles. The molecule has 2 aromatic rings. The lowest BCUT2D eigenvalue weighted by Crippen LogP contribution is -2.34. The number of anilines is 1. The maximum Gasteiger partial charge on any atom is 0.257 e. The molecular formula is C25H33N3O3S2. The van der Waals surface area contributed by atoms with Crippen molar-refractivity contribution < 1.29 is 14.3 Å². The number of ether oxygens (including phenoxy) is 1. The molecule has 4 N–H and O–H groups in total. The van der Waals surface area contributed by atoms with E-state index in [1.165, 1.54) is 16.2 Å².